The number of guanidine groups is 1. The monoisotopic (exact) mass is 417 g/mol. The molecule has 2 unspecified atom stereocenters. The minimum atomic E-state index is -0.609. The number of rotatable bonds is 5. The topological polar surface area (TPSA) is 68.7 Å². The molecule has 0 N–H and O–H groups in total. The maximum Gasteiger partial charge on any atom is 0.328 e. The number of amides is 3. The van der Waals surface area contributed by atoms with Crippen LogP contribution in [-0.2, 0) is 9.53 Å². The van der Waals surface area contributed by atoms with Crippen LogP contribution in [0.3, 0.4) is 0 Å². The molecule has 2 aromatic rings. The van der Waals surface area contributed by atoms with Gasteiger partial charge in [-0.25, -0.2) is 9.79 Å². The molecule has 1 fully saturated rings. The summed E-state index contributed by atoms with van der Waals surface area (Å²) in [5.74, 6) is 0.379. The number of hydrogen-bond donors (Lipinski definition) is 0. The highest BCUT2D eigenvalue weighted by atomic mass is 16.5. The third-order valence-corrected chi connectivity index (χ3v) is 5.81. The summed E-state index contributed by atoms with van der Waals surface area (Å²) < 4.78 is 5.10. The van der Waals surface area contributed by atoms with Crippen LogP contribution in [0.1, 0.15) is 5.56 Å². The molecule has 0 aliphatic carbocycles. The van der Waals surface area contributed by atoms with Gasteiger partial charge in [0.2, 0.25) is 5.96 Å². The van der Waals surface area contributed by atoms with Crippen LogP contribution in [-0.4, -0.2) is 72.1 Å². The van der Waals surface area contributed by atoms with Gasteiger partial charge >= 0.3 is 6.03 Å². The summed E-state index contributed by atoms with van der Waals surface area (Å²) in [6.45, 7) is 0.500. The minimum absolute atomic E-state index is 0.211. The number of benzene rings is 2. The summed E-state index contributed by atoms with van der Waals surface area (Å²) >= 11 is 0. The molecule has 3 heterocycles. The molecule has 8 heteroatoms. The first-order valence-corrected chi connectivity index (χ1v) is 10.2. The maximum absolute atomic E-state index is 13.4. The number of para-hydroxylation sites is 1. The normalized spacial score (nSPS) is 22.5. The van der Waals surface area contributed by atoms with Crippen molar-refractivity contribution in [2.45, 2.75) is 12.2 Å². The van der Waals surface area contributed by atoms with E-state index in [1.165, 1.54) is 9.80 Å². The van der Waals surface area contributed by atoms with Crippen LogP contribution < -0.4 is 4.90 Å². The van der Waals surface area contributed by atoms with Gasteiger partial charge in [0.15, 0.2) is 12.2 Å². The smallest absolute Gasteiger partial charge is 0.328 e. The number of likely N-dealkylation sites (N-methyl/N-ethyl adjacent to an activating group) is 1. The van der Waals surface area contributed by atoms with E-state index in [9.17, 15) is 9.59 Å². The van der Waals surface area contributed by atoms with E-state index < -0.39 is 12.2 Å². The number of methoxy groups -OCH3 is 1. The van der Waals surface area contributed by atoms with Gasteiger partial charge < -0.3 is 9.64 Å². The average Bonchev–Trinajstić information content (AvgIpc) is 3.35. The van der Waals surface area contributed by atoms with E-state index in [0.29, 0.717) is 5.96 Å². The van der Waals surface area contributed by atoms with Crippen molar-refractivity contribution < 1.29 is 14.3 Å². The molecule has 8 nitrogen and oxygen atoms in total. The Hall–Kier alpha value is -3.65. The second kappa shape index (κ2) is 7.55. The zero-order valence-electron chi connectivity index (χ0n) is 17.4. The molecular formula is C23H23N5O3. The molecular weight excluding hydrogens is 394 g/mol. The molecule has 158 valence electrons. The van der Waals surface area contributed by atoms with Gasteiger partial charge in [0.25, 0.3) is 5.91 Å². The molecule has 3 aliphatic rings. The molecule has 0 bridgehead atoms. The number of anilines is 1. The van der Waals surface area contributed by atoms with E-state index in [0.717, 1.165) is 16.9 Å². The Balaban J connectivity index is 1.58. The van der Waals surface area contributed by atoms with E-state index in [1.54, 1.807) is 14.2 Å². The highest BCUT2D eigenvalue weighted by Crippen LogP contribution is 2.39. The van der Waals surface area contributed by atoms with Gasteiger partial charge in [0, 0.05) is 31.6 Å². The van der Waals surface area contributed by atoms with Crippen molar-refractivity contribution in [1.82, 2.24) is 14.7 Å². The lowest BCUT2D eigenvalue weighted by Gasteiger charge is -2.40. The Kier molecular flexibility index (Phi) is 4.71. The minimum Gasteiger partial charge on any atom is -0.383 e. The first kappa shape index (κ1) is 19.3. The van der Waals surface area contributed by atoms with Crippen molar-refractivity contribution in [1.29, 1.82) is 0 Å². The van der Waals surface area contributed by atoms with E-state index in [1.807, 2.05) is 76.7 Å². The zero-order chi connectivity index (χ0) is 21.5. The Bertz CT molecular complexity index is 1070. The summed E-state index contributed by atoms with van der Waals surface area (Å²) in [5, 5.41) is 0. The SMILES string of the molecule is COCCN1C(=O)C2C(N=C3N(c4ccccc4)C(c4ccccc4)=CN32)N(C)C1=O. The fourth-order valence-corrected chi connectivity index (χ4v) is 4.27. The molecule has 3 amide bonds. The van der Waals surface area contributed by atoms with Crippen molar-refractivity contribution >= 4 is 29.3 Å². The van der Waals surface area contributed by atoms with Crippen LogP contribution in [0.15, 0.2) is 71.9 Å². The summed E-state index contributed by atoms with van der Waals surface area (Å²) in [6, 6.07) is 19.0. The first-order chi connectivity index (χ1) is 15.1. The van der Waals surface area contributed by atoms with E-state index in [4.69, 9.17) is 9.73 Å². The van der Waals surface area contributed by atoms with Crippen LogP contribution in [0, 0.1) is 0 Å². The predicted octanol–water partition coefficient (Wildman–Crippen LogP) is 2.41. The number of nitrogens with zero attached hydrogens (tertiary/aromatic N) is 5. The lowest BCUT2D eigenvalue weighted by Crippen LogP contribution is -2.64. The highest BCUT2D eigenvalue weighted by Gasteiger charge is 2.54. The molecule has 0 spiro atoms. The van der Waals surface area contributed by atoms with Gasteiger partial charge in [-0.15, -0.1) is 0 Å². The molecule has 0 aromatic heterocycles. The van der Waals surface area contributed by atoms with Gasteiger partial charge in [-0.3, -0.25) is 19.5 Å². The first-order valence-electron chi connectivity index (χ1n) is 10.2. The van der Waals surface area contributed by atoms with E-state index >= 15 is 0 Å². The maximum atomic E-state index is 13.4. The molecule has 31 heavy (non-hydrogen) atoms. The van der Waals surface area contributed by atoms with E-state index in [2.05, 4.69) is 0 Å². The van der Waals surface area contributed by atoms with Crippen LogP contribution in [0.4, 0.5) is 10.5 Å². The molecule has 2 atom stereocenters. The Morgan fingerprint density at radius 1 is 1.00 bits per heavy atom. The van der Waals surface area contributed by atoms with Gasteiger partial charge in [0.1, 0.15) is 0 Å². The number of carbonyl (C=O) groups excluding carboxylic acids is 2. The van der Waals surface area contributed by atoms with Crippen LogP contribution in [0.5, 0.6) is 0 Å². The summed E-state index contributed by atoms with van der Waals surface area (Å²) in [7, 11) is 3.24. The number of carbonyl (C=O) groups is 2. The number of aliphatic imine (C=N–C) groups is 1. The molecule has 2 aromatic carbocycles. The lowest BCUT2D eigenvalue weighted by atomic mass is 10.1. The Morgan fingerprint density at radius 2 is 1.68 bits per heavy atom. The van der Waals surface area contributed by atoms with Gasteiger partial charge in [0.05, 0.1) is 18.8 Å². The summed E-state index contributed by atoms with van der Waals surface area (Å²) in [4.78, 5) is 37.7. The predicted molar refractivity (Wildman–Crippen MR) is 117 cm³/mol. The second-order valence-corrected chi connectivity index (χ2v) is 7.62. The van der Waals surface area contributed by atoms with Gasteiger partial charge in [-0.05, 0) is 12.1 Å². The van der Waals surface area contributed by atoms with Gasteiger partial charge in [-0.1, -0.05) is 48.5 Å². The fraction of sp³-hybridized carbons (Fsp3) is 0.261. The lowest BCUT2D eigenvalue weighted by molar-refractivity contribution is -0.137. The average molecular weight is 417 g/mol. The van der Waals surface area contributed by atoms with Crippen molar-refractivity contribution in [2.24, 2.45) is 4.99 Å². The van der Waals surface area contributed by atoms with Crippen molar-refractivity contribution in [3.8, 4) is 0 Å². The molecule has 3 aliphatic heterocycles. The number of ether oxygens (including phenoxy) is 1. The third kappa shape index (κ3) is 2.98. The van der Waals surface area contributed by atoms with Crippen molar-refractivity contribution in [3.63, 3.8) is 0 Å². The number of fused-ring (bicyclic) bond motifs is 3. The molecule has 0 saturated carbocycles. The number of hydrogen-bond acceptors (Lipinski definition) is 6. The quantitative estimate of drug-likeness (QED) is 0.747. The molecule has 0 radical (unpaired) electrons. The standard InChI is InChI=1S/C23H23N5O3/c1-25-20-19(21(29)26(23(25)30)13-14-31-2)27-15-18(16-9-5-3-6-10-16)28(22(27)24-20)17-11-7-4-8-12-17/h3-12,15,19-20H,13-14H2,1-2H3. The highest BCUT2D eigenvalue weighted by molar-refractivity contribution is 6.16. The zero-order valence-corrected chi connectivity index (χ0v) is 17.4. The fourth-order valence-electron chi connectivity index (χ4n) is 4.27. The number of urea groups is 1. The Morgan fingerprint density at radius 3 is 2.35 bits per heavy atom. The van der Waals surface area contributed by atoms with Crippen LogP contribution in [0.2, 0.25) is 0 Å². The van der Waals surface area contributed by atoms with Gasteiger partial charge in [-0.2, -0.15) is 0 Å². The van der Waals surface area contributed by atoms with Crippen molar-refractivity contribution in [3.05, 3.63) is 72.4 Å². The molecule has 5 rings (SSSR count). The third-order valence-electron chi connectivity index (χ3n) is 5.81. The van der Waals surface area contributed by atoms with Crippen LogP contribution >= 0.6 is 0 Å². The van der Waals surface area contributed by atoms with Crippen molar-refractivity contribution in [2.75, 3.05) is 32.2 Å². The largest absolute Gasteiger partial charge is 0.383 e. The van der Waals surface area contributed by atoms with Crippen LogP contribution in [0.25, 0.3) is 5.70 Å². The van der Waals surface area contributed by atoms with E-state index in [-0.39, 0.29) is 25.1 Å². The molecule has 1 saturated heterocycles. The summed E-state index contributed by atoms with van der Waals surface area (Å²) in [6.07, 6.45) is 1.38. The Labute approximate surface area is 180 Å². The second-order valence-electron chi connectivity index (χ2n) is 7.62. The number of imide groups is 1. The summed E-state index contributed by atoms with van der Waals surface area (Å²) in [5.41, 5.74) is 2.89.